The maximum Gasteiger partial charge on any atom is 0.0702 e. The van der Waals surface area contributed by atoms with Crippen molar-refractivity contribution in [1.82, 2.24) is 10.2 Å². The van der Waals surface area contributed by atoms with Crippen molar-refractivity contribution in [2.75, 3.05) is 33.3 Å². The molecular weight excluding hydrogens is 236 g/mol. The fourth-order valence-corrected chi connectivity index (χ4v) is 4.22. The molecule has 0 radical (unpaired) electrons. The molecule has 1 N–H and O–H groups in total. The number of rotatable bonds is 5. The van der Waals surface area contributed by atoms with E-state index in [4.69, 9.17) is 4.74 Å². The lowest BCUT2D eigenvalue weighted by atomic mass is 9.84. The highest BCUT2D eigenvalue weighted by Crippen LogP contribution is 2.41. The van der Waals surface area contributed by atoms with E-state index in [2.05, 4.69) is 38.0 Å². The first-order chi connectivity index (χ1) is 9.06. The Labute approximate surface area is 119 Å². The lowest BCUT2D eigenvalue weighted by Gasteiger charge is -2.37. The SMILES string of the molecule is CCOC1CCCN(CC2CCC(C)(C)C2NC)C1. The predicted octanol–water partition coefficient (Wildman–Crippen LogP) is 2.51. The van der Waals surface area contributed by atoms with E-state index in [-0.39, 0.29) is 0 Å². The standard InChI is InChI=1S/C16H32N2O/c1-5-19-14-7-6-10-18(12-14)11-13-8-9-16(2,3)15(13)17-4/h13-15,17H,5-12H2,1-4H3. The average molecular weight is 268 g/mol. The zero-order chi connectivity index (χ0) is 13.9. The lowest BCUT2D eigenvalue weighted by molar-refractivity contribution is 0.000410. The Morgan fingerprint density at radius 1 is 1.32 bits per heavy atom. The van der Waals surface area contributed by atoms with E-state index in [1.165, 1.54) is 38.8 Å². The van der Waals surface area contributed by atoms with Crippen molar-refractivity contribution in [3.63, 3.8) is 0 Å². The number of hydrogen-bond donors (Lipinski definition) is 1. The van der Waals surface area contributed by atoms with Crippen LogP contribution in [0.4, 0.5) is 0 Å². The molecule has 0 amide bonds. The number of nitrogens with one attached hydrogen (secondary N) is 1. The molecule has 0 bridgehead atoms. The van der Waals surface area contributed by atoms with Gasteiger partial charge in [0, 0.05) is 25.7 Å². The van der Waals surface area contributed by atoms with Crippen LogP contribution in [0.5, 0.6) is 0 Å². The van der Waals surface area contributed by atoms with E-state index < -0.39 is 0 Å². The highest BCUT2D eigenvalue weighted by molar-refractivity contribution is 4.96. The smallest absolute Gasteiger partial charge is 0.0702 e. The molecule has 3 atom stereocenters. The minimum Gasteiger partial charge on any atom is -0.377 e. The normalized spacial score (nSPS) is 35.7. The average Bonchev–Trinajstić information content (AvgIpc) is 2.65. The first-order valence-electron chi connectivity index (χ1n) is 8.08. The molecule has 112 valence electrons. The van der Waals surface area contributed by atoms with Crippen molar-refractivity contribution >= 4 is 0 Å². The molecule has 3 heteroatoms. The van der Waals surface area contributed by atoms with Crippen molar-refractivity contribution in [2.24, 2.45) is 11.3 Å². The number of nitrogens with zero attached hydrogens (tertiary/aromatic N) is 1. The molecule has 1 aliphatic carbocycles. The van der Waals surface area contributed by atoms with Crippen LogP contribution in [0.3, 0.4) is 0 Å². The van der Waals surface area contributed by atoms with E-state index in [1.807, 2.05) is 0 Å². The highest BCUT2D eigenvalue weighted by Gasteiger charge is 2.41. The molecule has 3 unspecified atom stereocenters. The largest absolute Gasteiger partial charge is 0.377 e. The molecule has 0 aromatic heterocycles. The zero-order valence-electron chi connectivity index (χ0n) is 13.2. The molecule has 1 saturated carbocycles. The quantitative estimate of drug-likeness (QED) is 0.829. The first-order valence-corrected chi connectivity index (χ1v) is 8.08. The van der Waals surface area contributed by atoms with Gasteiger partial charge in [-0.1, -0.05) is 13.8 Å². The summed E-state index contributed by atoms with van der Waals surface area (Å²) in [6.07, 6.45) is 5.74. The van der Waals surface area contributed by atoms with Crippen LogP contribution in [0.1, 0.15) is 46.5 Å². The molecule has 0 aromatic rings. The summed E-state index contributed by atoms with van der Waals surface area (Å²) in [4.78, 5) is 2.64. The van der Waals surface area contributed by atoms with Gasteiger partial charge in [-0.3, -0.25) is 0 Å². The van der Waals surface area contributed by atoms with Gasteiger partial charge in [0.2, 0.25) is 0 Å². The van der Waals surface area contributed by atoms with Crippen molar-refractivity contribution in [2.45, 2.75) is 58.6 Å². The van der Waals surface area contributed by atoms with Gasteiger partial charge < -0.3 is 15.0 Å². The predicted molar refractivity (Wildman–Crippen MR) is 80.4 cm³/mol. The van der Waals surface area contributed by atoms with Crippen molar-refractivity contribution in [1.29, 1.82) is 0 Å². The van der Waals surface area contributed by atoms with Crippen LogP contribution in [0.15, 0.2) is 0 Å². The molecule has 0 aromatic carbocycles. The second-order valence-corrected chi connectivity index (χ2v) is 7.03. The van der Waals surface area contributed by atoms with E-state index >= 15 is 0 Å². The van der Waals surface area contributed by atoms with Gasteiger partial charge in [-0.15, -0.1) is 0 Å². The summed E-state index contributed by atoms with van der Waals surface area (Å²) in [6, 6.07) is 0.667. The van der Waals surface area contributed by atoms with Gasteiger partial charge in [0.1, 0.15) is 0 Å². The Hall–Kier alpha value is -0.120. The highest BCUT2D eigenvalue weighted by atomic mass is 16.5. The fourth-order valence-electron chi connectivity index (χ4n) is 4.22. The molecule has 2 rings (SSSR count). The van der Waals surface area contributed by atoms with Crippen LogP contribution in [0.25, 0.3) is 0 Å². The Morgan fingerprint density at radius 2 is 2.11 bits per heavy atom. The molecule has 1 aliphatic heterocycles. The van der Waals surface area contributed by atoms with E-state index in [1.54, 1.807) is 0 Å². The summed E-state index contributed by atoms with van der Waals surface area (Å²) in [5.41, 5.74) is 0.453. The van der Waals surface area contributed by atoms with Crippen LogP contribution < -0.4 is 5.32 Å². The molecule has 1 heterocycles. The molecular formula is C16H32N2O. The summed E-state index contributed by atoms with van der Waals surface area (Å²) in [6.45, 7) is 11.4. The van der Waals surface area contributed by atoms with Gasteiger partial charge in [0.15, 0.2) is 0 Å². The summed E-state index contributed by atoms with van der Waals surface area (Å²) in [5.74, 6) is 0.806. The van der Waals surface area contributed by atoms with E-state index in [9.17, 15) is 0 Å². The van der Waals surface area contributed by atoms with Crippen LogP contribution >= 0.6 is 0 Å². The second-order valence-electron chi connectivity index (χ2n) is 7.03. The van der Waals surface area contributed by atoms with Crippen LogP contribution in [0, 0.1) is 11.3 Å². The van der Waals surface area contributed by atoms with Gasteiger partial charge in [0.05, 0.1) is 6.10 Å². The van der Waals surface area contributed by atoms with Crippen molar-refractivity contribution < 1.29 is 4.74 Å². The molecule has 0 spiro atoms. The summed E-state index contributed by atoms with van der Waals surface area (Å²) in [5, 5.41) is 3.57. The minimum absolute atomic E-state index is 0.453. The third kappa shape index (κ3) is 3.71. The van der Waals surface area contributed by atoms with E-state index in [0.29, 0.717) is 17.6 Å². The Kier molecular flexibility index (Phi) is 5.27. The topological polar surface area (TPSA) is 24.5 Å². The molecule has 19 heavy (non-hydrogen) atoms. The summed E-state index contributed by atoms with van der Waals surface area (Å²) in [7, 11) is 2.13. The van der Waals surface area contributed by atoms with Crippen LogP contribution in [-0.2, 0) is 4.74 Å². The third-order valence-electron chi connectivity index (χ3n) is 5.14. The molecule has 2 fully saturated rings. The third-order valence-corrected chi connectivity index (χ3v) is 5.14. The van der Waals surface area contributed by atoms with Gasteiger partial charge in [0.25, 0.3) is 0 Å². The summed E-state index contributed by atoms with van der Waals surface area (Å²) >= 11 is 0. The summed E-state index contributed by atoms with van der Waals surface area (Å²) < 4.78 is 5.81. The minimum atomic E-state index is 0.453. The number of piperidine rings is 1. The Bertz CT molecular complexity index is 278. The van der Waals surface area contributed by atoms with E-state index in [0.717, 1.165) is 19.1 Å². The number of ether oxygens (including phenoxy) is 1. The monoisotopic (exact) mass is 268 g/mol. The molecule has 3 nitrogen and oxygen atoms in total. The van der Waals surface area contributed by atoms with Crippen LogP contribution in [0.2, 0.25) is 0 Å². The lowest BCUT2D eigenvalue weighted by Crippen LogP contribution is -2.47. The maximum atomic E-state index is 5.81. The van der Waals surface area contributed by atoms with Gasteiger partial charge in [-0.25, -0.2) is 0 Å². The maximum absolute atomic E-state index is 5.81. The zero-order valence-corrected chi connectivity index (χ0v) is 13.2. The number of likely N-dealkylation sites (tertiary alicyclic amines) is 1. The van der Waals surface area contributed by atoms with Crippen molar-refractivity contribution in [3.8, 4) is 0 Å². The number of hydrogen-bond acceptors (Lipinski definition) is 3. The second kappa shape index (κ2) is 6.55. The van der Waals surface area contributed by atoms with Gasteiger partial charge >= 0.3 is 0 Å². The van der Waals surface area contributed by atoms with Crippen LogP contribution in [-0.4, -0.2) is 50.3 Å². The Balaban J connectivity index is 1.87. The Morgan fingerprint density at radius 3 is 2.79 bits per heavy atom. The van der Waals surface area contributed by atoms with Gasteiger partial charge in [-0.2, -0.15) is 0 Å². The first kappa shape index (κ1) is 15.3. The van der Waals surface area contributed by atoms with Gasteiger partial charge in [-0.05, 0) is 57.5 Å². The fraction of sp³-hybridized carbons (Fsp3) is 1.00. The molecule has 2 aliphatic rings. The van der Waals surface area contributed by atoms with Crippen molar-refractivity contribution in [3.05, 3.63) is 0 Å². The molecule has 1 saturated heterocycles.